The molecule has 1 heterocycles. The van der Waals surface area contributed by atoms with Gasteiger partial charge in [-0.25, -0.2) is 9.78 Å². The van der Waals surface area contributed by atoms with Gasteiger partial charge in [0.1, 0.15) is 6.61 Å². The zero-order valence-electron chi connectivity index (χ0n) is 6.74. The van der Waals surface area contributed by atoms with E-state index >= 15 is 0 Å². The highest BCUT2D eigenvalue weighted by Crippen LogP contribution is 2.06. The van der Waals surface area contributed by atoms with Crippen molar-refractivity contribution < 1.29 is 13.9 Å². The van der Waals surface area contributed by atoms with Crippen LogP contribution in [0.1, 0.15) is 16.2 Å². The first-order valence-corrected chi connectivity index (χ1v) is 3.44. The summed E-state index contributed by atoms with van der Waals surface area (Å²) in [6.07, 6.45) is 2.70. The second-order valence-electron chi connectivity index (χ2n) is 2.15. The number of nitrogens with zero attached hydrogens (tertiary/aromatic N) is 1. The van der Waals surface area contributed by atoms with Crippen LogP contribution in [-0.4, -0.2) is 17.6 Å². The molecule has 0 amide bonds. The lowest BCUT2D eigenvalue weighted by molar-refractivity contribution is 0.0512. The van der Waals surface area contributed by atoms with E-state index in [1.165, 1.54) is 12.5 Å². The van der Waals surface area contributed by atoms with Crippen LogP contribution in [0.4, 0.5) is 0 Å². The van der Waals surface area contributed by atoms with Crippen molar-refractivity contribution in [1.82, 2.24) is 4.98 Å². The van der Waals surface area contributed by atoms with E-state index in [1.807, 2.05) is 0 Å². The predicted octanol–water partition coefficient (Wildman–Crippen LogP) is 1.33. The lowest BCUT2D eigenvalue weighted by atomic mass is 10.4. The summed E-state index contributed by atoms with van der Waals surface area (Å²) in [5.74, 6) is -0.359. The van der Waals surface area contributed by atoms with Crippen molar-refractivity contribution in [3.05, 3.63) is 30.5 Å². The highest BCUT2D eigenvalue weighted by Gasteiger charge is 2.14. The van der Waals surface area contributed by atoms with Crippen LogP contribution in [0.25, 0.3) is 0 Å². The molecule has 0 fully saturated rings. The molecule has 4 heteroatoms. The SMILES string of the molecule is C=CCOC(=O)c1ocnc1C. The monoisotopic (exact) mass is 167 g/mol. The summed E-state index contributed by atoms with van der Waals surface area (Å²) in [5.41, 5.74) is 0.532. The summed E-state index contributed by atoms with van der Waals surface area (Å²) in [7, 11) is 0. The molecule has 0 saturated carbocycles. The van der Waals surface area contributed by atoms with Crippen LogP contribution in [-0.2, 0) is 4.74 Å². The first kappa shape index (κ1) is 8.52. The Morgan fingerprint density at radius 2 is 2.67 bits per heavy atom. The molecular weight excluding hydrogens is 158 g/mol. The first-order chi connectivity index (χ1) is 5.75. The fraction of sp³-hybridized carbons (Fsp3) is 0.250. The number of rotatable bonds is 3. The van der Waals surface area contributed by atoms with Gasteiger partial charge in [0.15, 0.2) is 6.39 Å². The van der Waals surface area contributed by atoms with Crippen LogP contribution in [0.3, 0.4) is 0 Å². The van der Waals surface area contributed by atoms with E-state index in [4.69, 9.17) is 9.15 Å². The van der Waals surface area contributed by atoms with E-state index in [0.29, 0.717) is 5.69 Å². The smallest absolute Gasteiger partial charge is 0.376 e. The van der Waals surface area contributed by atoms with E-state index in [-0.39, 0.29) is 12.4 Å². The Hall–Kier alpha value is -1.58. The van der Waals surface area contributed by atoms with Crippen molar-refractivity contribution >= 4 is 5.97 Å². The van der Waals surface area contributed by atoms with Crippen molar-refractivity contribution in [2.24, 2.45) is 0 Å². The van der Waals surface area contributed by atoms with Gasteiger partial charge in [0.05, 0.1) is 5.69 Å². The number of aromatic nitrogens is 1. The molecule has 0 aromatic carbocycles. The Labute approximate surface area is 69.9 Å². The second kappa shape index (κ2) is 3.71. The molecule has 4 nitrogen and oxygen atoms in total. The molecule has 0 aliphatic heterocycles. The average Bonchev–Trinajstić information content (AvgIpc) is 2.47. The molecule has 0 bridgehead atoms. The summed E-state index contributed by atoms with van der Waals surface area (Å²) >= 11 is 0. The van der Waals surface area contributed by atoms with E-state index in [0.717, 1.165) is 0 Å². The summed E-state index contributed by atoms with van der Waals surface area (Å²) < 4.78 is 9.53. The minimum atomic E-state index is -0.509. The van der Waals surface area contributed by atoms with Gasteiger partial charge >= 0.3 is 5.97 Å². The fourth-order valence-electron chi connectivity index (χ4n) is 0.698. The van der Waals surface area contributed by atoms with Gasteiger partial charge in [0.2, 0.25) is 5.76 Å². The van der Waals surface area contributed by atoms with Gasteiger partial charge in [-0.2, -0.15) is 0 Å². The molecule has 0 unspecified atom stereocenters. The number of aryl methyl sites for hydroxylation is 1. The maximum absolute atomic E-state index is 11.1. The minimum Gasteiger partial charge on any atom is -0.456 e. The number of carbonyl (C=O) groups is 1. The van der Waals surface area contributed by atoms with Crippen molar-refractivity contribution in [3.63, 3.8) is 0 Å². The highest BCUT2D eigenvalue weighted by atomic mass is 16.5. The van der Waals surface area contributed by atoms with E-state index in [9.17, 15) is 4.79 Å². The fourth-order valence-corrected chi connectivity index (χ4v) is 0.698. The molecule has 0 aliphatic carbocycles. The predicted molar refractivity (Wildman–Crippen MR) is 41.7 cm³/mol. The van der Waals surface area contributed by atoms with Crippen LogP contribution >= 0.6 is 0 Å². The molecule has 1 aromatic heterocycles. The minimum absolute atomic E-state index is 0.150. The molecule has 0 radical (unpaired) electrons. The molecule has 0 N–H and O–H groups in total. The number of ether oxygens (including phenoxy) is 1. The van der Waals surface area contributed by atoms with Crippen LogP contribution in [0, 0.1) is 6.92 Å². The quantitative estimate of drug-likeness (QED) is 0.503. The van der Waals surface area contributed by atoms with Crippen molar-refractivity contribution in [2.75, 3.05) is 6.61 Å². The maximum atomic E-state index is 11.1. The van der Waals surface area contributed by atoms with Gasteiger partial charge in [-0.1, -0.05) is 12.7 Å². The number of esters is 1. The summed E-state index contributed by atoms with van der Waals surface area (Å²) in [6.45, 7) is 5.27. The van der Waals surface area contributed by atoms with Crippen molar-refractivity contribution in [2.45, 2.75) is 6.92 Å². The van der Waals surface area contributed by atoms with Crippen LogP contribution in [0.2, 0.25) is 0 Å². The third-order valence-electron chi connectivity index (χ3n) is 1.26. The summed E-state index contributed by atoms with van der Waals surface area (Å²) in [5, 5.41) is 0. The summed E-state index contributed by atoms with van der Waals surface area (Å²) in [4.78, 5) is 14.8. The Morgan fingerprint density at radius 3 is 3.17 bits per heavy atom. The first-order valence-electron chi connectivity index (χ1n) is 3.44. The zero-order valence-corrected chi connectivity index (χ0v) is 6.74. The standard InChI is InChI=1S/C8H9NO3/c1-3-4-11-8(10)7-6(2)9-5-12-7/h3,5H,1,4H2,2H3. The molecule has 0 aliphatic rings. The van der Waals surface area contributed by atoms with Gasteiger partial charge in [-0.3, -0.25) is 0 Å². The van der Waals surface area contributed by atoms with Gasteiger partial charge in [0, 0.05) is 0 Å². The molecule has 64 valence electrons. The molecule has 0 saturated heterocycles. The molecule has 0 spiro atoms. The van der Waals surface area contributed by atoms with E-state index in [2.05, 4.69) is 11.6 Å². The van der Waals surface area contributed by atoms with E-state index < -0.39 is 5.97 Å². The van der Waals surface area contributed by atoms with Gasteiger partial charge in [-0.15, -0.1) is 0 Å². The number of carbonyl (C=O) groups excluding carboxylic acids is 1. The molecular formula is C8H9NO3. The Bertz CT molecular complexity index is 290. The molecule has 1 aromatic rings. The molecule has 1 rings (SSSR count). The topological polar surface area (TPSA) is 52.3 Å². The van der Waals surface area contributed by atoms with E-state index in [1.54, 1.807) is 6.92 Å². The van der Waals surface area contributed by atoms with Gasteiger partial charge in [-0.05, 0) is 6.92 Å². The largest absolute Gasteiger partial charge is 0.456 e. The van der Waals surface area contributed by atoms with Crippen molar-refractivity contribution in [3.8, 4) is 0 Å². The Balaban J connectivity index is 2.65. The number of oxazole rings is 1. The van der Waals surface area contributed by atoms with Crippen molar-refractivity contribution in [1.29, 1.82) is 0 Å². The third-order valence-corrected chi connectivity index (χ3v) is 1.26. The second-order valence-corrected chi connectivity index (χ2v) is 2.15. The average molecular weight is 167 g/mol. The Kier molecular flexibility index (Phi) is 2.63. The molecule has 12 heavy (non-hydrogen) atoms. The molecule has 0 atom stereocenters. The lowest BCUT2D eigenvalue weighted by Gasteiger charge is -1.97. The normalized spacial score (nSPS) is 9.42. The highest BCUT2D eigenvalue weighted by molar-refractivity contribution is 5.87. The van der Waals surface area contributed by atoms with Crippen LogP contribution in [0.15, 0.2) is 23.5 Å². The summed E-state index contributed by atoms with van der Waals surface area (Å²) in [6, 6.07) is 0. The Morgan fingerprint density at radius 1 is 1.92 bits per heavy atom. The maximum Gasteiger partial charge on any atom is 0.376 e. The third kappa shape index (κ3) is 1.72. The lowest BCUT2D eigenvalue weighted by Crippen LogP contribution is -2.05. The number of hydrogen-bond donors (Lipinski definition) is 0. The van der Waals surface area contributed by atoms with Crippen LogP contribution in [0.5, 0.6) is 0 Å². The van der Waals surface area contributed by atoms with Gasteiger partial charge < -0.3 is 9.15 Å². The van der Waals surface area contributed by atoms with Crippen LogP contribution < -0.4 is 0 Å². The zero-order chi connectivity index (χ0) is 8.97. The number of hydrogen-bond acceptors (Lipinski definition) is 4. The van der Waals surface area contributed by atoms with Gasteiger partial charge in [0.25, 0.3) is 0 Å².